The van der Waals surface area contributed by atoms with Crippen molar-refractivity contribution in [2.45, 2.75) is 13.1 Å². The van der Waals surface area contributed by atoms with Crippen LogP contribution in [-0.2, 0) is 13.1 Å². The highest BCUT2D eigenvalue weighted by atomic mass is 79.9. The maximum Gasteiger partial charge on any atom is 0.194 e. The first-order valence-corrected chi connectivity index (χ1v) is 6.80. The smallest absolute Gasteiger partial charge is 0.194 e. The van der Waals surface area contributed by atoms with Gasteiger partial charge in [-0.3, -0.25) is 0 Å². The van der Waals surface area contributed by atoms with Crippen molar-refractivity contribution in [2.75, 3.05) is 0 Å². The molecule has 0 bridgehead atoms. The van der Waals surface area contributed by atoms with Gasteiger partial charge in [0, 0.05) is 27.8 Å². The maximum atomic E-state index is 12.9. The number of hydrogen-bond donors (Lipinski definition) is 1. The second-order valence-electron chi connectivity index (χ2n) is 3.71. The molecule has 0 aliphatic rings. The standard InChI is InChI=1S/C12H9BrF3NS/c13-8-3-9(18-6-8)5-17-4-7-1-10(14)12(16)11(15)2-7/h1-3,6,17H,4-5H2. The number of hydrogen-bond acceptors (Lipinski definition) is 2. The predicted molar refractivity (Wildman–Crippen MR) is 68.9 cm³/mol. The lowest BCUT2D eigenvalue weighted by Gasteiger charge is -2.04. The topological polar surface area (TPSA) is 12.0 Å². The molecule has 1 aromatic carbocycles. The van der Waals surface area contributed by atoms with Gasteiger partial charge in [-0.2, -0.15) is 0 Å². The van der Waals surface area contributed by atoms with Gasteiger partial charge < -0.3 is 5.32 Å². The summed E-state index contributed by atoms with van der Waals surface area (Å²) in [5.41, 5.74) is 0.377. The van der Waals surface area contributed by atoms with Crippen LogP contribution in [0.3, 0.4) is 0 Å². The van der Waals surface area contributed by atoms with Crippen LogP contribution in [0.2, 0.25) is 0 Å². The molecule has 0 atom stereocenters. The van der Waals surface area contributed by atoms with Gasteiger partial charge in [0.25, 0.3) is 0 Å². The molecular formula is C12H9BrF3NS. The first-order chi connectivity index (χ1) is 8.56. The van der Waals surface area contributed by atoms with Crippen LogP contribution in [0, 0.1) is 17.5 Å². The Bertz CT molecular complexity index is 533. The molecule has 18 heavy (non-hydrogen) atoms. The third-order valence-electron chi connectivity index (χ3n) is 2.29. The van der Waals surface area contributed by atoms with Gasteiger partial charge >= 0.3 is 0 Å². The fraction of sp³-hybridized carbons (Fsp3) is 0.167. The van der Waals surface area contributed by atoms with E-state index in [1.807, 2.05) is 11.4 Å². The summed E-state index contributed by atoms with van der Waals surface area (Å²) in [5.74, 6) is -3.75. The van der Waals surface area contributed by atoms with Crippen LogP contribution in [0.5, 0.6) is 0 Å². The van der Waals surface area contributed by atoms with E-state index < -0.39 is 17.5 Å². The van der Waals surface area contributed by atoms with Gasteiger partial charge in [-0.25, -0.2) is 13.2 Å². The molecule has 2 aromatic rings. The molecule has 2 rings (SSSR count). The van der Waals surface area contributed by atoms with Gasteiger partial charge in [-0.1, -0.05) is 0 Å². The molecule has 0 spiro atoms. The van der Waals surface area contributed by atoms with Crippen molar-refractivity contribution in [1.29, 1.82) is 0 Å². The summed E-state index contributed by atoms with van der Waals surface area (Å²) in [6.45, 7) is 0.876. The lowest BCUT2D eigenvalue weighted by molar-refractivity contribution is 0.444. The monoisotopic (exact) mass is 335 g/mol. The minimum Gasteiger partial charge on any atom is -0.308 e. The Morgan fingerprint density at radius 3 is 2.28 bits per heavy atom. The molecular weight excluding hydrogens is 327 g/mol. The van der Waals surface area contributed by atoms with E-state index in [0.29, 0.717) is 12.1 Å². The average Bonchev–Trinajstić information content (AvgIpc) is 2.72. The first-order valence-electron chi connectivity index (χ1n) is 5.13. The van der Waals surface area contributed by atoms with Gasteiger partial charge in [0.15, 0.2) is 17.5 Å². The van der Waals surface area contributed by atoms with Crippen LogP contribution in [0.25, 0.3) is 0 Å². The molecule has 0 fully saturated rings. The second-order valence-corrected chi connectivity index (χ2v) is 5.62. The molecule has 6 heteroatoms. The van der Waals surface area contributed by atoms with Gasteiger partial charge in [0.1, 0.15) is 0 Å². The molecule has 1 heterocycles. The quantitative estimate of drug-likeness (QED) is 0.825. The molecule has 0 aliphatic heterocycles. The fourth-order valence-corrected chi connectivity index (χ4v) is 2.91. The second kappa shape index (κ2) is 5.86. The summed E-state index contributed by atoms with van der Waals surface area (Å²) in [7, 11) is 0. The van der Waals surface area contributed by atoms with Gasteiger partial charge in [-0.15, -0.1) is 11.3 Å². The number of halogens is 4. The van der Waals surface area contributed by atoms with Crippen molar-refractivity contribution in [3.63, 3.8) is 0 Å². The van der Waals surface area contributed by atoms with Crippen LogP contribution in [0.15, 0.2) is 28.1 Å². The summed E-state index contributed by atoms with van der Waals surface area (Å²) in [6, 6.07) is 3.95. The Kier molecular flexibility index (Phi) is 4.42. The fourth-order valence-electron chi connectivity index (χ4n) is 1.49. The Labute approximate surface area is 115 Å². The lowest BCUT2D eigenvalue weighted by Crippen LogP contribution is -2.12. The van der Waals surface area contributed by atoms with Crippen molar-refractivity contribution in [2.24, 2.45) is 0 Å². The summed E-state index contributed by atoms with van der Waals surface area (Å²) in [4.78, 5) is 1.10. The van der Waals surface area contributed by atoms with Crippen LogP contribution in [0.1, 0.15) is 10.4 Å². The number of nitrogens with one attached hydrogen (secondary N) is 1. The summed E-state index contributed by atoms with van der Waals surface area (Å²) >= 11 is 4.91. The molecule has 0 saturated heterocycles. The number of rotatable bonds is 4. The van der Waals surface area contributed by atoms with E-state index in [0.717, 1.165) is 21.5 Å². The van der Waals surface area contributed by atoms with E-state index in [2.05, 4.69) is 21.2 Å². The highest BCUT2D eigenvalue weighted by molar-refractivity contribution is 9.10. The van der Waals surface area contributed by atoms with Crippen molar-refractivity contribution in [1.82, 2.24) is 5.32 Å². The predicted octanol–water partition coefficient (Wildman–Crippen LogP) is 4.22. The van der Waals surface area contributed by atoms with E-state index in [4.69, 9.17) is 0 Å². The van der Waals surface area contributed by atoms with Crippen LogP contribution < -0.4 is 5.32 Å². The zero-order valence-corrected chi connectivity index (χ0v) is 11.5. The molecule has 0 unspecified atom stereocenters. The third-order valence-corrected chi connectivity index (χ3v) is 3.99. The molecule has 0 aliphatic carbocycles. The van der Waals surface area contributed by atoms with Crippen molar-refractivity contribution in [3.8, 4) is 0 Å². The molecule has 0 saturated carbocycles. The molecule has 0 amide bonds. The third kappa shape index (κ3) is 3.34. The van der Waals surface area contributed by atoms with Crippen LogP contribution in [0.4, 0.5) is 13.2 Å². The molecule has 1 nitrogen and oxygen atoms in total. The Balaban J connectivity index is 1.94. The Morgan fingerprint density at radius 2 is 1.72 bits per heavy atom. The summed E-state index contributed by atoms with van der Waals surface area (Å²) < 4.78 is 39.6. The highest BCUT2D eigenvalue weighted by Crippen LogP contribution is 2.19. The van der Waals surface area contributed by atoms with Crippen molar-refractivity contribution in [3.05, 3.63) is 55.9 Å². The Morgan fingerprint density at radius 1 is 1.06 bits per heavy atom. The van der Waals surface area contributed by atoms with Crippen LogP contribution >= 0.6 is 27.3 Å². The zero-order valence-electron chi connectivity index (χ0n) is 9.14. The minimum absolute atomic E-state index is 0.281. The maximum absolute atomic E-state index is 12.9. The van der Waals surface area contributed by atoms with Gasteiger partial charge in [0.05, 0.1) is 0 Å². The van der Waals surface area contributed by atoms with E-state index in [9.17, 15) is 13.2 Å². The van der Waals surface area contributed by atoms with E-state index in [1.165, 1.54) is 0 Å². The molecule has 1 aromatic heterocycles. The molecule has 0 radical (unpaired) electrons. The molecule has 1 N–H and O–H groups in total. The molecule has 96 valence electrons. The van der Waals surface area contributed by atoms with E-state index >= 15 is 0 Å². The number of benzene rings is 1. The average molecular weight is 336 g/mol. The highest BCUT2D eigenvalue weighted by Gasteiger charge is 2.10. The first kappa shape index (κ1) is 13.6. The minimum atomic E-state index is -1.43. The van der Waals surface area contributed by atoms with Crippen molar-refractivity contribution >= 4 is 27.3 Å². The lowest BCUT2D eigenvalue weighted by atomic mass is 10.2. The zero-order chi connectivity index (χ0) is 13.1. The van der Waals surface area contributed by atoms with Crippen molar-refractivity contribution < 1.29 is 13.2 Å². The van der Waals surface area contributed by atoms with Crippen LogP contribution in [-0.4, -0.2) is 0 Å². The number of thiophene rings is 1. The van der Waals surface area contributed by atoms with Gasteiger partial charge in [-0.05, 0) is 39.7 Å². The SMILES string of the molecule is Fc1cc(CNCc2cc(Br)cs2)cc(F)c1F. The van der Waals surface area contributed by atoms with E-state index in [1.54, 1.807) is 11.3 Å². The normalized spacial score (nSPS) is 10.9. The summed E-state index contributed by atoms with van der Waals surface area (Å²) in [5, 5.41) is 4.99. The Hall–Kier alpha value is -0.850. The summed E-state index contributed by atoms with van der Waals surface area (Å²) in [6.07, 6.45) is 0. The van der Waals surface area contributed by atoms with Gasteiger partial charge in [0.2, 0.25) is 0 Å². The largest absolute Gasteiger partial charge is 0.308 e. The van der Waals surface area contributed by atoms with E-state index in [-0.39, 0.29) is 6.54 Å².